The number of anilines is 1. The molecule has 4 aromatic rings. The zero-order chi connectivity index (χ0) is 16.7. The highest BCUT2D eigenvalue weighted by atomic mass is 16.1. The van der Waals surface area contributed by atoms with E-state index in [4.69, 9.17) is 0 Å². The number of carbonyl (C=O) groups excluding carboxylic acids is 1. The van der Waals surface area contributed by atoms with Crippen LogP contribution in [0.25, 0.3) is 21.9 Å². The monoisotopic (exact) mass is 319 g/mol. The summed E-state index contributed by atoms with van der Waals surface area (Å²) in [7, 11) is 0. The highest BCUT2D eigenvalue weighted by Gasteiger charge is 2.10. The van der Waals surface area contributed by atoms with Gasteiger partial charge in [0.25, 0.3) is 0 Å². The number of H-pyrrole nitrogens is 1. The van der Waals surface area contributed by atoms with Crippen molar-refractivity contribution in [3.05, 3.63) is 54.0 Å². The summed E-state index contributed by atoms with van der Waals surface area (Å²) in [6.45, 7) is 4.24. The van der Waals surface area contributed by atoms with Crippen molar-refractivity contribution in [2.75, 3.05) is 5.32 Å². The topological polar surface area (TPSA) is 75.6 Å². The number of hydrogen-bond acceptors (Lipinski definition) is 3. The van der Waals surface area contributed by atoms with E-state index < -0.39 is 0 Å². The number of rotatable bonds is 3. The Labute approximate surface area is 138 Å². The Morgan fingerprint density at radius 1 is 1.25 bits per heavy atom. The number of amides is 1. The molecule has 0 atom stereocenters. The van der Waals surface area contributed by atoms with Crippen LogP contribution in [0.5, 0.6) is 0 Å². The number of aromatic nitrogens is 4. The quantitative estimate of drug-likeness (QED) is 0.609. The van der Waals surface area contributed by atoms with Crippen LogP contribution in [0.4, 0.5) is 5.69 Å². The Balaban J connectivity index is 1.58. The molecule has 0 spiro atoms. The first kappa shape index (κ1) is 14.4. The Morgan fingerprint density at radius 3 is 2.96 bits per heavy atom. The lowest BCUT2D eigenvalue weighted by Crippen LogP contribution is -2.18. The van der Waals surface area contributed by atoms with E-state index in [0.29, 0.717) is 11.3 Å². The summed E-state index contributed by atoms with van der Waals surface area (Å²) in [5, 5.41) is 12.0. The third-order valence-corrected chi connectivity index (χ3v) is 4.19. The molecule has 0 aliphatic heterocycles. The summed E-state index contributed by atoms with van der Waals surface area (Å²) in [4.78, 5) is 16.7. The molecule has 3 aromatic heterocycles. The summed E-state index contributed by atoms with van der Waals surface area (Å²) in [5.74, 6) is -0.0851. The molecular formula is C18H17N5O. The second-order valence-electron chi connectivity index (χ2n) is 5.95. The molecule has 0 aliphatic carbocycles. The average Bonchev–Trinajstić information content (AvgIpc) is 3.09. The van der Waals surface area contributed by atoms with E-state index in [9.17, 15) is 4.79 Å². The molecule has 0 saturated carbocycles. The molecule has 2 N–H and O–H groups in total. The number of nitrogens with zero attached hydrogens (tertiary/aromatic N) is 3. The maximum atomic E-state index is 12.4. The van der Waals surface area contributed by atoms with Crippen LogP contribution in [0.2, 0.25) is 0 Å². The van der Waals surface area contributed by atoms with Crippen molar-refractivity contribution >= 4 is 33.5 Å². The number of para-hydroxylation sites is 1. The first-order valence-electron chi connectivity index (χ1n) is 7.77. The van der Waals surface area contributed by atoms with Gasteiger partial charge in [0, 0.05) is 28.2 Å². The van der Waals surface area contributed by atoms with E-state index in [1.165, 1.54) is 5.39 Å². The normalized spacial score (nSPS) is 11.2. The standard InChI is InChI=1S/C18H17N5O/c1-11-9-23(16-6-4-3-5-14(11)16)10-17(24)20-13-7-15-12(2)21-22-18(15)19-8-13/h3-9H,10H2,1-2H3,(H,20,24)(H,19,21,22). The first-order valence-corrected chi connectivity index (χ1v) is 7.77. The molecule has 0 unspecified atom stereocenters. The molecule has 0 fully saturated rings. The predicted molar refractivity (Wildman–Crippen MR) is 93.9 cm³/mol. The van der Waals surface area contributed by atoms with Gasteiger partial charge in [-0.05, 0) is 31.5 Å². The van der Waals surface area contributed by atoms with Crippen LogP contribution in [-0.4, -0.2) is 25.7 Å². The molecular weight excluding hydrogens is 302 g/mol. The summed E-state index contributed by atoms with van der Waals surface area (Å²) in [6, 6.07) is 9.97. The van der Waals surface area contributed by atoms with E-state index in [1.807, 2.05) is 42.0 Å². The van der Waals surface area contributed by atoms with Crippen molar-refractivity contribution in [3.8, 4) is 0 Å². The van der Waals surface area contributed by atoms with Crippen LogP contribution >= 0.6 is 0 Å². The van der Waals surface area contributed by atoms with Gasteiger partial charge in [-0.3, -0.25) is 9.89 Å². The summed E-state index contributed by atoms with van der Waals surface area (Å²) in [5.41, 5.74) is 4.48. The minimum Gasteiger partial charge on any atom is -0.338 e. The fourth-order valence-electron chi connectivity index (χ4n) is 3.00. The first-order chi connectivity index (χ1) is 11.6. The van der Waals surface area contributed by atoms with Gasteiger partial charge < -0.3 is 9.88 Å². The zero-order valence-electron chi connectivity index (χ0n) is 13.5. The Kier molecular flexibility index (Phi) is 3.30. The van der Waals surface area contributed by atoms with E-state index >= 15 is 0 Å². The summed E-state index contributed by atoms with van der Waals surface area (Å²) < 4.78 is 1.97. The van der Waals surface area contributed by atoms with Crippen LogP contribution in [0.1, 0.15) is 11.3 Å². The number of benzene rings is 1. The lowest BCUT2D eigenvalue weighted by Gasteiger charge is -2.07. The lowest BCUT2D eigenvalue weighted by molar-refractivity contribution is -0.116. The Morgan fingerprint density at radius 2 is 2.08 bits per heavy atom. The van der Waals surface area contributed by atoms with Crippen LogP contribution in [0.15, 0.2) is 42.7 Å². The number of nitrogens with one attached hydrogen (secondary N) is 2. The largest absolute Gasteiger partial charge is 0.338 e. The van der Waals surface area contributed by atoms with E-state index in [-0.39, 0.29) is 12.5 Å². The minimum absolute atomic E-state index is 0.0851. The van der Waals surface area contributed by atoms with Crippen molar-refractivity contribution in [1.29, 1.82) is 0 Å². The van der Waals surface area contributed by atoms with Crippen LogP contribution in [0, 0.1) is 13.8 Å². The van der Waals surface area contributed by atoms with Gasteiger partial charge in [0.15, 0.2) is 5.65 Å². The van der Waals surface area contributed by atoms with Crippen LogP contribution in [-0.2, 0) is 11.3 Å². The number of fused-ring (bicyclic) bond motifs is 2. The molecule has 0 aliphatic rings. The van der Waals surface area contributed by atoms with Crippen molar-refractivity contribution < 1.29 is 4.79 Å². The van der Waals surface area contributed by atoms with Gasteiger partial charge >= 0.3 is 0 Å². The van der Waals surface area contributed by atoms with Crippen molar-refractivity contribution in [1.82, 2.24) is 19.7 Å². The minimum atomic E-state index is -0.0851. The molecule has 0 bridgehead atoms. The highest BCUT2D eigenvalue weighted by molar-refractivity contribution is 5.94. The molecule has 0 saturated heterocycles. The van der Waals surface area contributed by atoms with E-state index in [0.717, 1.165) is 22.2 Å². The van der Waals surface area contributed by atoms with Gasteiger partial charge in [-0.2, -0.15) is 5.10 Å². The molecule has 0 radical (unpaired) electrons. The Hall–Kier alpha value is -3.15. The average molecular weight is 319 g/mol. The SMILES string of the molecule is Cc1[nH]nc2ncc(NC(=O)Cn3cc(C)c4ccccc43)cc12. The molecule has 1 aromatic carbocycles. The fourth-order valence-corrected chi connectivity index (χ4v) is 3.00. The molecule has 120 valence electrons. The maximum absolute atomic E-state index is 12.4. The molecule has 24 heavy (non-hydrogen) atoms. The van der Waals surface area contributed by atoms with Crippen LogP contribution in [0.3, 0.4) is 0 Å². The smallest absolute Gasteiger partial charge is 0.244 e. The van der Waals surface area contributed by atoms with Crippen LogP contribution < -0.4 is 5.32 Å². The van der Waals surface area contributed by atoms with Gasteiger partial charge in [0.1, 0.15) is 6.54 Å². The van der Waals surface area contributed by atoms with Gasteiger partial charge in [-0.25, -0.2) is 4.98 Å². The molecule has 4 rings (SSSR count). The van der Waals surface area contributed by atoms with E-state index in [1.54, 1.807) is 6.20 Å². The van der Waals surface area contributed by atoms with Gasteiger partial charge in [0.05, 0.1) is 11.9 Å². The number of pyridine rings is 1. The maximum Gasteiger partial charge on any atom is 0.244 e. The second-order valence-corrected chi connectivity index (χ2v) is 5.95. The summed E-state index contributed by atoms with van der Waals surface area (Å²) >= 11 is 0. The third-order valence-electron chi connectivity index (χ3n) is 4.19. The number of aromatic amines is 1. The van der Waals surface area contributed by atoms with Gasteiger partial charge in [-0.15, -0.1) is 0 Å². The lowest BCUT2D eigenvalue weighted by atomic mass is 10.2. The number of hydrogen-bond donors (Lipinski definition) is 2. The van der Waals surface area contributed by atoms with Gasteiger partial charge in [0.2, 0.25) is 5.91 Å². The third kappa shape index (κ3) is 2.42. The van der Waals surface area contributed by atoms with Crippen molar-refractivity contribution in [2.45, 2.75) is 20.4 Å². The number of aryl methyl sites for hydroxylation is 2. The Bertz CT molecular complexity index is 1060. The second kappa shape index (κ2) is 5.49. The van der Waals surface area contributed by atoms with Crippen molar-refractivity contribution in [2.24, 2.45) is 0 Å². The summed E-state index contributed by atoms with van der Waals surface area (Å²) in [6.07, 6.45) is 3.63. The van der Waals surface area contributed by atoms with Gasteiger partial charge in [-0.1, -0.05) is 18.2 Å². The van der Waals surface area contributed by atoms with E-state index in [2.05, 4.69) is 33.5 Å². The predicted octanol–water partition coefficient (Wildman–Crippen LogP) is 3.17. The number of carbonyl (C=O) groups is 1. The molecule has 6 nitrogen and oxygen atoms in total. The highest BCUT2D eigenvalue weighted by Crippen LogP contribution is 2.21. The molecule has 6 heteroatoms. The zero-order valence-corrected chi connectivity index (χ0v) is 13.5. The van der Waals surface area contributed by atoms with Crippen molar-refractivity contribution in [3.63, 3.8) is 0 Å². The molecule has 3 heterocycles. The fraction of sp³-hybridized carbons (Fsp3) is 0.167. The molecule has 1 amide bonds.